The van der Waals surface area contributed by atoms with Crippen molar-refractivity contribution in [1.29, 1.82) is 0 Å². The van der Waals surface area contributed by atoms with Crippen LogP contribution in [-0.2, 0) is 26.7 Å². The first kappa shape index (κ1) is 13.4. The number of hydrogen-bond acceptors (Lipinski definition) is 3. The van der Waals surface area contributed by atoms with E-state index in [4.69, 9.17) is 13.3 Å². The first-order valence-corrected chi connectivity index (χ1v) is 7.28. The van der Waals surface area contributed by atoms with Gasteiger partial charge in [0.05, 0.1) is 7.05 Å². The minimum atomic E-state index is -2.39. The van der Waals surface area contributed by atoms with Gasteiger partial charge in [0, 0.05) is 33.8 Å². The summed E-state index contributed by atoms with van der Waals surface area (Å²) in [5.74, 6) is 1.20. The Kier molecular flexibility index (Phi) is 5.13. The van der Waals surface area contributed by atoms with E-state index in [1.54, 1.807) is 21.3 Å². The lowest BCUT2D eigenvalue weighted by molar-refractivity contribution is -0.677. The van der Waals surface area contributed by atoms with E-state index >= 15 is 0 Å². The Balaban J connectivity index is 2.42. The molecule has 0 amide bonds. The highest BCUT2D eigenvalue weighted by molar-refractivity contribution is 6.60. The SMILES string of the molecule is CO[Si](CCCc1[nH]cc[n+]1C)(OC)OC. The van der Waals surface area contributed by atoms with Crippen LogP contribution in [0.25, 0.3) is 0 Å². The molecule has 0 aliphatic rings. The van der Waals surface area contributed by atoms with E-state index in [1.807, 2.05) is 19.4 Å². The Labute approximate surface area is 97.7 Å². The van der Waals surface area contributed by atoms with Gasteiger partial charge in [-0.05, 0) is 6.42 Å². The average Bonchev–Trinajstić information content (AvgIpc) is 2.71. The lowest BCUT2D eigenvalue weighted by Crippen LogP contribution is -2.42. The molecule has 0 aromatic carbocycles. The highest BCUT2D eigenvalue weighted by Gasteiger charge is 2.37. The molecular weight excluding hydrogens is 224 g/mol. The maximum atomic E-state index is 5.36. The fourth-order valence-electron chi connectivity index (χ4n) is 1.71. The molecule has 0 atom stereocenters. The molecule has 6 heteroatoms. The average molecular weight is 245 g/mol. The summed E-state index contributed by atoms with van der Waals surface area (Å²) in [6.07, 6.45) is 5.89. The van der Waals surface area contributed by atoms with Gasteiger partial charge in [0.1, 0.15) is 12.4 Å². The van der Waals surface area contributed by atoms with Gasteiger partial charge < -0.3 is 13.3 Å². The zero-order valence-electron chi connectivity index (χ0n) is 10.4. The molecule has 0 fully saturated rings. The van der Waals surface area contributed by atoms with Gasteiger partial charge in [-0.2, -0.15) is 0 Å². The first-order valence-electron chi connectivity index (χ1n) is 5.35. The number of aromatic amines is 1. The van der Waals surface area contributed by atoms with Crippen LogP contribution >= 0.6 is 0 Å². The molecule has 1 aromatic heterocycles. The zero-order valence-corrected chi connectivity index (χ0v) is 11.4. The molecule has 0 aliphatic carbocycles. The van der Waals surface area contributed by atoms with Crippen molar-refractivity contribution in [2.75, 3.05) is 21.3 Å². The van der Waals surface area contributed by atoms with Gasteiger partial charge in [0.2, 0.25) is 0 Å². The number of aromatic nitrogens is 2. The van der Waals surface area contributed by atoms with Crippen LogP contribution < -0.4 is 4.57 Å². The third-order valence-electron chi connectivity index (χ3n) is 2.80. The molecule has 1 rings (SSSR count). The van der Waals surface area contributed by atoms with Crippen molar-refractivity contribution < 1.29 is 17.8 Å². The Morgan fingerprint density at radius 2 is 1.88 bits per heavy atom. The molecule has 5 nitrogen and oxygen atoms in total. The minimum absolute atomic E-state index is 0.829. The Morgan fingerprint density at radius 1 is 1.25 bits per heavy atom. The third-order valence-corrected chi connectivity index (χ3v) is 5.64. The van der Waals surface area contributed by atoms with Gasteiger partial charge in [-0.1, -0.05) is 0 Å². The number of aryl methyl sites for hydroxylation is 2. The zero-order chi connectivity index (χ0) is 12.0. The molecule has 16 heavy (non-hydrogen) atoms. The van der Waals surface area contributed by atoms with Gasteiger partial charge >= 0.3 is 8.80 Å². The van der Waals surface area contributed by atoms with Gasteiger partial charge in [0.25, 0.3) is 5.82 Å². The van der Waals surface area contributed by atoms with Crippen LogP contribution in [0.1, 0.15) is 12.2 Å². The second-order valence-corrected chi connectivity index (χ2v) is 6.76. The molecule has 0 bridgehead atoms. The van der Waals surface area contributed by atoms with E-state index in [2.05, 4.69) is 9.55 Å². The maximum Gasteiger partial charge on any atom is 0.500 e. The number of hydrogen-bond donors (Lipinski definition) is 1. The van der Waals surface area contributed by atoms with Crippen LogP contribution in [0.4, 0.5) is 0 Å². The van der Waals surface area contributed by atoms with E-state index in [0.29, 0.717) is 0 Å². The number of nitrogens with one attached hydrogen (secondary N) is 1. The highest BCUT2D eigenvalue weighted by Crippen LogP contribution is 2.15. The quantitative estimate of drug-likeness (QED) is 0.567. The smallest absolute Gasteiger partial charge is 0.377 e. The van der Waals surface area contributed by atoms with Crippen molar-refractivity contribution in [2.45, 2.75) is 18.9 Å². The topological polar surface area (TPSA) is 47.4 Å². The fourth-order valence-corrected chi connectivity index (χ4v) is 3.44. The summed E-state index contributed by atoms with van der Waals surface area (Å²) >= 11 is 0. The minimum Gasteiger partial charge on any atom is -0.377 e. The summed E-state index contributed by atoms with van der Waals surface area (Å²) in [5, 5.41) is 0. The van der Waals surface area contributed by atoms with Crippen molar-refractivity contribution in [1.82, 2.24) is 4.98 Å². The lowest BCUT2D eigenvalue weighted by atomic mass is 10.3. The molecule has 1 aromatic rings. The predicted molar refractivity (Wildman–Crippen MR) is 61.9 cm³/mol. The third kappa shape index (κ3) is 3.15. The Hall–Kier alpha value is -0.693. The van der Waals surface area contributed by atoms with Gasteiger partial charge in [-0.3, -0.25) is 0 Å². The Morgan fingerprint density at radius 3 is 2.31 bits per heavy atom. The van der Waals surface area contributed by atoms with Crippen LogP contribution in [0.3, 0.4) is 0 Å². The van der Waals surface area contributed by atoms with Crippen molar-refractivity contribution in [3.8, 4) is 0 Å². The van der Waals surface area contributed by atoms with Crippen LogP contribution in [0.15, 0.2) is 12.4 Å². The molecular formula is C10H21N2O3Si+. The number of rotatable bonds is 7. The molecule has 0 unspecified atom stereocenters. The van der Waals surface area contributed by atoms with Gasteiger partial charge in [-0.25, -0.2) is 9.55 Å². The summed E-state index contributed by atoms with van der Waals surface area (Å²) in [4.78, 5) is 3.20. The molecule has 1 heterocycles. The van der Waals surface area contributed by atoms with E-state index < -0.39 is 8.80 Å². The van der Waals surface area contributed by atoms with Crippen molar-refractivity contribution in [3.05, 3.63) is 18.2 Å². The number of imidazole rings is 1. The van der Waals surface area contributed by atoms with Gasteiger partial charge in [-0.15, -0.1) is 0 Å². The molecule has 1 N–H and O–H groups in total. The molecule has 0 aliphatic heterocycles. The monoisotopic (exact) mass is 245 g/mol. The maximum absolute atomic E-state index is 5.36. The fraction of sp³-hybridized carbons (Fsp3) is 0.700. The lowest BCUT2D eigenvalue weighted by Gasteiger charge is -2.23. The normalized spacial score (nSPS) is 12.0. The summed E-state index contributed by atoms with van der Waals surface area (Å²) in [6, 6.07) is 0.829. The molecule has 0 spiro atoms. The van der Waals surface area contributed by atoms with E-state index in [1.165, 1.54) is 5.82 Å². The summed E-state index contributed by atoms with van der Waals surface area (Å²) in [5.41, 5.74) is 0. The van der Waals surface area contributed by atoms with E-state index in [0.717, 1.165) is 18.9 Å². The second-order valence-electron chi connectivity index (χ2n) is 3.67. The van der Waals surface area contributed by atoms with Crippen molar-refractivity contribution in [2.24, 2.45) is 7.05 Å². The molecule has 92 valence electrons. The summed E-state index contributed by atoms with van der Waals surface area (Å²) < 4.78 is 18.2. The highest BCUT2D eigenvalue weighted by atomic mass is 28.4. The van der Waals surface area contributed by atoms with Crippen LogP contribution in [0.5, 0.6) is 0 Å². The second kappa shape index (κ2) is 6.14. The Bertz CT molecular complexity index is 305. The number of nitrogens with zero attached hydrogens (tertiary/aromatic N) is 1. The summed E-state index contributed by atoms with van der Waals surface area (Å²) in [6.45, 7) is 0. The number of H-pyrrole nitrogens is 1. The van der Waals surface area contributed by atoms with E-state index in [-0.39, 0.29) is 0 Å². The van der Waals surface area contributed by atoms with E-state index in [9.17, 15) is 0 Å². The van der Waals surface area contributed by atoms with Crippen LogP contribution in [-0.4, -0.2) is 35.1 Å². The molecule has 0 radical (unpaired) electrons. The van der Waals surface area contributed by atoms with Crippen LogP contribution in [0.2, 0.25) is 6.04 Å². The first-order chi connectivity index (χ1) is 7.67. The van der Waals surface area contributed by atoms with Crippen molar-refractivity contribution >= 4 is 8.80 Å². The molecule has 0 saturated carbocycles. The van der Waals surface area contributed by atoms with Gasteiger partial charge in [0.15, 0.2) is 0 Å². The van der Waals surface area contributed by atoms with Crippen LogP contribution in [0, 0.1) is 0 Å². The molecule has 0 saturated heterocycles. The summed E-state index contributed by atoms with van der Waals surface area (Å²) in [7, 11) is 4.58. The predicted octanol–water partition coefficient (Wildman–Crippen LogP) is 0.650. The largest absolute Gasteiger partial charge is 0.500 e. The van der Waals surface area contributed by atoms with Crippen molar-refractivity contribution in [3.63, 3.8) is 0 Å². The standard InChI is InChI=1S/C10H20N2O3Si/c1-12-8-7-11-10(12)6-5-9-16(13-2,14-3)15-4/h7-8H,5-6,9H2,1-4H3/p+1.